The molecule has 0 amide bonds. The number of rotatable bonds is 8. The van der Waals surface area contributed by atoms with Crippen molar-refractivity contribution in [2.75, 3.05) is 26.1 Å². The molecule has 0 saturated carbocycles. The summed E-state index contributed by atoms with van der Waals surface area (Å²) >= 11 is 1.44. The molecule has 162 valence electrons. The van der Waals surface area contributed by atoms with E-state index < -0.39 is 11.6 Å². The zero-order valence-corrected chi connectivity index (χ0v) is 21.3. The van der Waals surface area contributed by atoms with Crippen molar-refractivity contribution < 1.29 is 53.3 Å². The van der Waals surface area contributed by atoms with E-state index in [0.29, 0.717) is 25.9 Å². The van der Waals surface area contributed by atoms with Gasteiger partial charge < -0.3 is 24.7 Å². The molecule has 0 radical (unpaired) electrons. The molecular weight excluding hydrogens is 428 g/mol. The van der Waals surface area contributed by atoms with E-state index in [0.717, 1.165) is 26.6 Å². The van der Waals surface area contributed by atoms with Gasteiger partial charge in [-0.3, -0.25) is 0 Å². The second-order valence-electron chi connectivity index (χ2n) is 7.55. The predicted molar refractivity (Wildman–Crippen MR) is 113 cm³/mol. The van der Waals surface area contributed by atoms with Crippen LogP contribution in [-0.2, 0) is 26.3 Å². The fourth-order valence-electron chi connectivity index (χ4n) is 3.96. The largest absolute Gasteiger partial charge is 1.00 e. The number of benzene rings is 2. The van der Waals surface area contributed by atoms with Gasteiger partial charge in [-0.15, -0.1) is 0 Å². The number of ether oxygens (including phenoxy) is 2. The molecule has 0 aliphatic carbocycles. The van der Waals surface area contributed by atoms with Gasteiger partial charge in [0.05, 0.1) is 18.3 Å². The van der Waals surface area contributed by atoms with Crippen LogP contribution in [0.15, 0.2) is 46.2 Å². The Hall–Kier alpha value is -1.09. The molecule has 1 saturated heterocycles. The summed E-state index contributed by atoms with van der Waals surface area (Å²) in [7, 11) is 3.46. The Labute approximate surface area is 209 Å². The molecule has 2 aromatic rings. The van der Waals surface area contributed by atoms with Gasteiger partial charge in [-0.05, 0) is 67.3 Å². The van der Waals surface area contributed by atoms with Gasteiger partial charge in [-0.25, -0.2) is 4.39 Å². The Kier molecular flexibility index (Phi) is 9.86. The first-order chi connectivity index (χ1) is 14.3. The molecule has 3 rings (SSSR count). The van der Waals surface area contributed by atoms with Gasteiger partial charge in [0.15, 0.2) is 0 Å². The molecule has 0 bridgehead atoms. The fraction of sp³-hybridized carbons (Fsp3) is 0.435. The van der Waals surface area contributed by atoms with Gasteiger partial charge in [0.25, 0.3) is 0 Å². The average molecular weight is 456 g/mol. The Morgan fingerprint density at radius 2 is 2.10 bits per heavy atom. The van der Waals surface area contributed by atoms with E-state index in [1.165, 1.54) is 17.8 Å². The van der Waals surface area contributed by atoms with E-state index in [1.54, 1.807) is 20.2 Å². The maximum Gasteiger partial charge on any atom is 1.00 e. The molecule has 0 spiro atoms. The number of hydrogen-bond donors (Lipinski definition) is 1. The third kappa shape index (κ3) is 6.70. The third-order valence-electron chi connectivity index (χ3n) is 5.49. The maximum atomic E-state index is 14.5. The topological polar surface area (TPSA) is 70.6 Å². The normalized spacial score (nSPS) is 20.7. The number of carboxylic acids is 1. The standard InChI is InChI=1S/C23H28FNO4S.Na/c1-15-14-23(28-3,8-9-29-15)17-11-18(24)13-20(12-17)30-19-5-6-21(25-2)16(10-19)4-7-22(26)27;/h5-6,10-13,15,25H,4,7-9,14H2,1-3H3,(H,26,27);/q;+1/p-1/t15-,23+;/m0./s1. The summed E-state index contributed by atoms with van der Waals surface area (Å²) in [6, 6.07) is 10.8. The van der Waals surface area contributed by atoms with Crippen LogP contribution in [0.25, 0.3) is 0 Å². The van der Waals surface area contributed by atoms with Gasteiger partial charge in [0.2, 0.25) is 0 Å². The maximum absolute atomic E-state index is 14.5. The first-order valence-electron chi connectivity index (χ1n) is 10.0. The van der Waals surface area contributed by atoms with Crippen molar-refractivity contribution in [3.8, 4) is 0 Å². The van der Waals surface area contributed by atoms with E-state index in [-0.39, 0.29) is 47.9 Å². The van der Waals surface area contributed by atoms with Crippen LogP contribution in [0.1, 0.15) is 37.3 Å². The quantitative estimate of drug-likeness (QED) is 0.593. The minimum Gasteiger partial charge on any atom is -0.550 e. The van der Waals surface area contributed by atoms with Crippen LogP contribution < -0.4 is 40.0 Å². The van der Waals surface area contributed by atoms with Crippen molar-refractivity contribution in [1.82, 2.24) is 0 Å². The number of nitrogens with one attached hydrogen (secondary N) is 1. The number of carbonyl (C=O) groups is 1. The Bertz CT molecular complexity index is 913. The van der Waals surface area contributed by atoms with E-state index in [9.17, 15) is 14.3 Å². The minimum absolute atomic E-state index is 0. The molecule has 1 heterocycles. The number of hydrogen-bond acceptors (Lipinski definition) is 6. The van der Waals surface area contributed by atoms with Crippen molar-refractivity contribution in [3.05, 3.63) is 53.3 Å². The molecule has 0 aromatic heterocycles. The first kappa shape index (κ1) is 26.2. The smallest absolute Gasteiger partial charge is 0.550 e. The van der Waals surface area contributed by atoms with Crippen molar-refractivity contribution in [1.29, 1.82) is 0 Å². The number of aliphatic carboxylic acids is 1. The fourth-order valence-corrected chi connectivity index (χ4v) is 4.92. The van der Waals surface area contributed by atoms with E-state index >= 15 is 0 Å². The van der Waals surface area contributed by atoms with E-state index in [1.807, 2.05) is 31.2 Å². The second kappa shape index (κ2) is 11.7. The molecule has 8 heteroatoms. The molecule has 1 N–H and O–H groups in total. The monoisotopic (exact) mass is 455 g/mol. The molecule has 1 fully saturated rings. The summed E-state index contributed by atoms with van der Waals surface area (Å²) in [6.45, 7) is 2.57. The SMILES string of the molecule is CNc1ccc(Sc2cc(F)cc([C@@]3(OC)CCO[C@@H](C)C3)c2)cc1CCC(=O)[O-].[Na+]. The molecule has 5 nitrogen and oxygen atoms in total. The molecule has 2 atom stereocenters. The first-order valence-corrected chi connectivity index (χ1v) is 10.8. The van der Waals surface area contributed by atoms with Crippen LogP contribution in [0, 0.1) is 5.82 Å². The Balaban J connectivity index is 0.00000341. The van der Waals surface area contributed by atoms with Crippen LogP contribution in [0.4, 0.5) is 10.1 Å². The number of carboxylic acid groups (broad SMARTS) is 1. The van der Waals surface area contributed by atoms with Crippen molar-refractivity contribution in [3.63, 3.8) is 0 Å². The van der Waals surface area contributed by atoms with Crippen molar-refractivity contribution >= 4 is 23.4 Å². The summed E-state index contributed by atoms with van der Waals surface area (Å²) in [5, 5.41) is 13.9. The third-order valence-corrected chi connectivity index (χ3v) is 6.45. The van der Waals surface area contributed by atoms with Crippen LogP contribution in [-0.4, -0.2) is 32.8 Å². The molecular formula is C23H27FNNaO4S. The second-order valence-corrected chi connectivity index (χ2v) is 8.70. The number of methoxy groups -OCH3 is 1. The summed E-state index contributed by atoms with van der Waals surface area (Å²) < 4.78 is 26.0. The Morgan fingerprint density at radius 3 is 2.74 bits per heavy atom. The van der Waals surface area contributed by atoms with E-state index in [2.05, 4.69) is 5.32 Å². The number of anilines is 1. The summed E-state index contributed by atoms with van der Waals surface area (Å²) in [6.07, 6.45) is 1.70. The summed E-state index contributed by atoms with van der Waals surface area (Å²) in [5.41, 5.74) is 2.00. The van der Waals surface area contributed by atoms with Crippen LogP contribution in [0.3, 0.4) is 0 Å². The van der Waals surface area contributed by atoms with Gasteiger partial charge >= 0.3 is 29.6 Å². The predicted octanol–water partition coefficient (Wildman–Crippen LogP) is 0.746. The van der Waals surface area contributed by atoms with Gasteiger partial charge in [-0.2, -0.15) is 0 Å². The van der Waals surface area contributed by atoms with Gasteiger partial charge in [-0.1, -0.05) is 11.8 Å². The van der Waals surface area contributed by atoms with Gasteiger partial charge in [0, 0.05) is 48.4 Å². The average Bonchev–Trinajstić information content (AvgIpc) is 2.71. The van der Waals surface area contributed by atoms with Crippen LogP contribution in [0.5, 0.6) is 0 Å². The number of aryl methyl sites for hydroxylation is 1. The van der Waals surface area contributed by atoms with Crippen LogP contribution in [0.2, 0.25) is 0 Å². The summed E-state index contributed by atoms with van der Waals surface area (Å²) in [5.74, 6) is -1.39. The zero-order valence-electron chi connectivity index (χ0n) is 18.5. The molecule has 2 aromatic carbocycles. The summed E-state index contributed by atoms with van der Waals surface area (Å²) in [4.78, 5) is 12.5. The van der Waals surface area contributed by atoms with E-state index in [4.69, 9.17) is 9.47 Å². The van der Waals surface area contributed by atoms with Gasteiger partial charge in [0.1, 0.15) is 5.82 Å². The van der Waals surface area contributed by atoms with Crippen LogP contribution >= 0.6 is 11.8 Å². The zero-order chi connectivity index (χ0) is 21.7. The Morgan fingerprint density at radius 1 is 1.32 bits per heavy atom. The number of halogens is 1. The number of carbonyl (C=O) groups excluding carboxylic acids is 1. The minimum atomic E-state index is -1.08. The molecule has 0 unspecified atom stereocenters. The molecule has 31 heavy (non-hydrogen) atoms. The molecule has 1 aliphatic heterocycles. The molecule has 1 aliphatic rings. The van der Waals surface area contributed by atoms with Crippen molar-refractivity contribution in [2.45, 2.75) is 54.1 Å². The van der Waals surface area contributed by atoms with Crippen molar-refractivity contribution in [2.24, 2.45) is 0 Å².